The summed E-state index contributed by atoms with van der Waals surface area (Å²) < 4.78 is 0. The number of hydrogen-bond acceptors (Lipinski definition) is 7. The maximum atomic E-state index is 12.9. The van der Waals surface area contributed by atoms with Crippen LogP contribution in [0.3, 0.4) is 0 Å². The molecule has 1 aromatic carbocycles. The first-order valence-electron chi connectivity index (χ1n) is 10.0. The lowest BCUT2D eigenvalue weighted by atomic mass is 10.1. The molecule has 30 heavy (non-hydrogen) atoms. The number of benzene rings is 1. The molecule has 0 aliphatic carbocycles. The maximum Gasteiger partial charge on any atom is 0.253 e. The monoisotopic (exact) mass is 403 g/mol. The van der Waals surface area contributed by atoms with Crippen LogP contribution in [0.15, 0.2) is 42.7 Å². The fourth-order valence-corrected chi connectivity index (χ4v) is 3.54. The minimum Gasteiger partial charge on any atom is -0.353 e. The number of nitrogens with zero attached hydrogens (tertiary/aromatic N) is 6. The van der Waals surface area contributed by atoms with Gasteiger partial charge in [0.15, 0.2) is 0 Å². The third-order valence-electron chi connectivity index (χ3n) is 5.05. The maximum absolute atomic E-state index is 12.9. The zero-order valence-corrected chi connectivity index (χ0v) is 17.5. The Morgan fingerprint density at radius 2 is 1.53 bits per heavy atom. The van der Waals surface area contributed by atoms with Crippen molar-refractivity contribution in [2.24, 2.45) is 0 Å². The summed E-state index contributed by atoms with van der Waals surface area (Å²) in [7, 11) is 0. The standard InChI is InChI=1S/C22H25N7O/c1-15-13-20(24-14-23-15)28-8-10-29(11-9-28)21(30)18-4-6-19(7-5-18)27-22-25-16(2)12-17(3)26-22/h4-7,12-14H,8-11H2,1-3H3,(H,25,26,27). The first-order chi connectivity index (χ1) is 14.5. The number of anilines is 3. The second-order valence-corrected chi connectivity index (χ2v) is 7.47. The number of hydrogen-bond donors (Lipinski definition) is 1. The molecule has 2 aromatic heterocycles. The van der Waals surface area contributed by atoms with Crippen LogP contribution in [0, 0.1) is 20.8 Å². The molecule has 1 aliphatic heterocycles. The Hall–Kier alpha value is -3.55. The Bertz CT molecular complexity index is 1020. The molecule has 0 spiro atoms. The van der Waals surface area contributed by atoms with E-state index in [9.17, 15) is 4.79 Å². The van der Waals surface area contributed by atoms with Crippen LogP contribution < -0.4 is 10.2 Å². The van der Waals surface area contributed by atoms with E-state index in [0.29, 0.717) is 24.6 Å². The molecule has 1 amide bonds. The number of nitrogens with one attached hydrogen (secondary N) is 1. The van der Waals surface area contributed by atoms with E-state index in [0.717, 1.165) is 41.7 Å². The molecular formula is C22H25N7O. The normalized spacial score (nSPS) is 14.0. The van der Waals surface area contributed by atoms with Gasteiger partial charge in [-0.3, -0.25) is 4.79 Å². The third-order valence-corrected chi connectivity index (χ3v) is 5.05. The molecule has 8 heteroatoms. The van der Waals surface area contributed by atoms with Crippen LogP contribution in [0.1, 0.15) is 27.4 Å². The predicted octanol–water partition coefficient (Wildman–Crippen LogP) is 2.90. The van der Waals surface area contributed by atoms with Crippen molar-refractivity contribution in [2.45, 2.75) is 20.8 Å². The van der Waals surface area contributed by atoms with Crippen LogP contribution in [0.2, 0.25) is 0 Å². The highest BCUT2D eigenvalue weighted by Gasteiger charge is 2.23. The highest BCUT2D eigenvalue weighted by Crippen LogP contribution is 2.18. The van der Waals surface area contributed by atoms with Crippen molar-refractivity contribution in [3.05, 3.63) is 65.4 Å². The van der Waals surface area contributed by atoms with Gasteiger partial charge in [-0.05, 0) is 51.1 Å². The minimum absolute atomic E-state index is 0.0442. The average Bonchev–Trinajstić information content (AvgIpc) is 2.73. The zero-order valence-electron chi connectivity index (χ0n) is 17.5. The van der Waals surface area contributed by atoms with Crippen LogP contribution in [0.25, 0.3) is 0 Å². The number of carbonyl (C=O) groups excluding carboxylic acids is 1. The summed E-state index contributed by atoms with van der Waals surface area (Å²) >= 11 is 0. The zero-order chi connectivity index (χ0) is 21.1. The predicted molar refractivity (Wildman–Crippen MR) is 116 cm³/mol. The molecule has 1 saturated heterocycles. The molecule has 8 nitrogen and oxygen atoms in total. The molecule has 1 N–H and O–H groups in total. The van der Waals surface area contributed by atoms with Gasteiger partial charge in [-0.15, -0.1) is 0 Å². The van der Waals surface area contributed by atoms with Gasteiger partial charge in [0.1, 0.15) is 12.1 Å². The SMILES string of the molecule is Cc1cc(N2CCN(C(=O)c3ccc(Nc4nc(C)cc(C)n4)cc3)CC2)ncn1. The number of piperazine rings is 1. The van der Waals surface area contributed by atoms with E-state index in [2.05, 4.69) is 30.2 Å². The second kappa shape index (κ2) is 8.44. The lowest BCUT2D eigenvalue weighted by molar-refractivity contribution is 0.0746. The fourth-order valence-electron chi connectivity index (χ4n) is 3.54. The number of amides is 1. The van der Waals surface area contributed by atoms with Crippen LogP contribution >= 0.6 is 0 Å². The highest BCUT2D eigenvalue weighted by molar-refractivity contribution is 5.94. The Kier molecular flexibility index (Phi) is 5.56. The van der Waals surface area contributed by atoms with Gasteiger partial charge in [-0.1, -0.05) is 0 Å². The van der Waals surface area contributed by atoms with E-state index in [1.165, 1.54) is 0 Å². The second-order valence-electron chi connectivity index (χ2n) is 7.47. The summed E-state index contributed by atoms with van der Waals surface area (Å²) in [4.78, 5) is 34.2. The Balaban J connectivity index is 1.37. The Morgan fingerprint density at radius 1 is 0.867 bits per heavy atom. The quantitative estimate of drug-likeness (QED) is 0.717. The van der Waals surface area contributed by atoms with Gasteiger partial charge in [0.2, 0.25) is 5.95 Å². The van der Waals surface area contributed by atoms with Crippen molar-refractivity contribution in [3.63, 3.8) is 0 Å². The molecule has 1 fully saturated rings. The molecule has 3 aromatic rings. The van der Waals surface area contributed by atoms with Crippen molar-refractivity contribution in [1.82, 2.24) is 24.8 Å². The van der Waals surface area contributed by atoms with Crippen molar-refractivity contribution in [1.29, 1.82) is 0 Å². The molecular weight excluding hydrogens is 378 g/mol. The fraction of sp³-hybridized carbons (Fsp3) is 0.318. The molecule has 0 bridgehead atoms. The topological polar surface area (TPSA) is 87.1 Å². The lowest BCUT2D eigenvalue weighted by Crippen LogP contribution is -2.49. The molecule has 0 unspecified atom stereocenters. The summed E-state index contributed by atoms with van der Waals surface area (Å²) in [5.41, 5.74) is 4.29. The summed E-state index contributed by atoms with van der Waals surface area (Å²) in [6, 6.07) is 11.4. The van der Waals surface area contributed by atoms with Gasteiger partial charge in [0, 0.05) is 60.6 Å². The van der Waals surface area contributed by atoms with E-state index in [1.807, 2.05) is 62.1 Å². The van der Waals surface area contributed by atoms with Crippen LogP contribution in [0.4, 0.5) is 17.5 Å². The van der Waals surface area contributed by atoms with Crippen molar-refractivity contribution in [3.8, 4) is 0 Å². The highest BCUT2D eigenvalue weighted by atomic mass is 16.2. The van der Waals surface area contributed by atoms with Crippen LogP contribution in [-0.2, 0) is 0 Å². The van der Waals surface area contributed by atoms with Crippen LogP contribution in [0.5, 0.6) is 0 Å². The number of carbonyl (C=O) groups is 1. The summed E-state index contributed by atoms with van der Waals surface area (Å²) in [5.74, 6) is 1.52. The van der Waals surface area contributed by atoms with E-state index in [1.54, 1.807) is 6.33 Å². The number of aryl methyl sites for hydroxylation is 3. The summed E-state index contributed by atoms with van der Waals surface area (Å²) in [6.45, 7) is 8.67. The Labute approximate surface area is 176 Å². The average molecular weight is 403 g/mol. The summed E-state index contributed by atoms with van der Waals surface area (Å²) in [5, 5.41) is 3.19. The van der Waals surface area contributed by atoms with E-state index >= 15 is 0 Å². The van der Waals surface area contributed by atoms with E-state index < -0.39 is 0 Å². The first-order valence-corrected chi connectivity index (χ1v) is 10.0. The van der Waals surface area contributed by atoms with Gasteiger partial charge in [-0.25, -0.2) is 19.9 Å². The molecule has 4 rings (SSSR count). The smallest absolute Gasteiger partial charge is 0.253 e. The first kappa shape index (κ1) is 19.8. The van der Waals surface area contributed by atoms with Gasteiger partial charge in [0.25, 0.3) is 5.91 Å². The number of rotatable bonds is 4. The van der Waals surface area contributed by atoms with Crippen LogP contribution in [-0.4, -0.2) is 56.9 Å². The lowest BCUT2D eigenvalue weighted by Gasteiger charge is -2.35. The molecule has 0 radical (unpaired) electrons. The van der Waals surface area contributed by atoms with Crippen molar-refractivity contribution >= 4 is 23.4 Å². The van der Waals surface area contributed by atoms with Crippen molar-refractivity contribution < 1.29 is 4.79 Å². The van der Waals surface area contributed by atoms with Gasteiger partial charge >= 0.3 is 0 Å². The van der Waals surface area contributed by atoms with E-state index in [4.69, 9.17) is 0 Å². The molecule has 1 aliphatic rings. The molecule has 0 saturated carbocycles. The van der Waals surface area contributed by atoms with E-state index in [-0.39, 0.29) is 5.91 Å². The van der Waals surface area contributed by atoms with Crippen molar-refractivity contribution in [2.75, 3.05) is 36.4 Å². The molecule has 0 atom stereocenters. The largest absolute Gasteiger partial charge is 0.353 e. The molecule has 154 valence electrons. The third kappa shape index (κ3) is 4.53. The van der Waals surface area contributed by atoms with Gasteiger partial charge in [-0.2, -0.15) is 0 Å². The van der Waals surface area contributed by atoms with Gasteiger partial charge in [0.05, 0.1) is 0 Å². The molecule has 3 heterocycles. The van der Waals surface area contributed by atoms with Gasteiger partial charge < -0.3 is 15.1 Å². The summed E-state index contributed by atoms with van der Waals surface area (Å²) in [6.07, 6.45) is 1.58. The number of aromatic nitrogens is 4. The Morgan fingerprint density at radius 3 is 2.17 bits per heavy atom. The minimum atomic E-state index is 0.0442.